The van der Waals surface area contributed by atoms with Crippen molar-refractivity contribution >= 4 is 16.3 Å². The fraction of sp³-hybridized carbons (Fsp3) is 0.941. The maximum absolute atomic E-state index is 11.7. The Morgan fingerprint density at radius 2 is 1.32 bits per heavy atom. The number of aliphatic carboxylic acids is 1. The van der Waals surface area contributed by atoms with E-state index < -0.39 is 26.7 Å². The Kier molecular flexibility index (Phi) is 13.1. The van der Waals surface area contributed by atoms with Crippen molar-refractivity contribution in [2.45, 2.75) is 77.6 Å². The zero-order chi connectivity index (χ0) is 19.2. The first-order valence-electron chi connectivity index (χ1n) is 9.44. The van der Waals surface area contributed by atoms with Crippen molar-refractivity contribution in [3.63, 3.8) is 0 Å². The molecule has 1 unspecified atom stereocenters. The number of unbranched alkanes of at least 4 members (excludes halogenated alkanes) is 9. The first-order chi connectivity index (χ1) is 11.8. The van der Waals surface area contributed by atoms with Gasteiger partial charge in [0.15, 0.2) is 6.54 Å². The largest absolute Gasteiger partial charge is 0.702 e. The van der Waals surface area contributed by atoms with Gasteiger partial charge in [0, 0.05) is 13.0 Å². The van der Waals surface area contributed by atoms with Crippen molar-refractivity contribution in [3.05, 3.63) is 0 Å². The number of hydrogen-bond donors (Lipinski definition) is 2. The van der Waals surface area contributed by atoms with Gasteiger partial charge in [-0.15, -0.1) is 0 Å². The van der Waals surface area contributed by atoms with Crippen LogP contribution in [0.25, 0.3) is 0 Å². The molecular formula is C17H35NO6S. The van der Waals surface area contributed by atoms with Gasteiger partial charge in [-0.1, -0.05) is 58.3 Å². The van der Waals surface area contributed by atoms with Crippen molar-refractivity contribution in [2.24, 2.45) is 0 Å². The molecule has 25 heavy (non-hydrogen) atoms. The summed E-state index contributed by atoms with van der Waals surface area (Å²) in [5.41, 5.74) is 0. The van der Waals surface area contributed by atoms with Crippen LogP contribution in [0, 0.1) is 0 Å². The number of rotatable bonds is 17. The fourth-order valence-corrected chi connectivity index (χ4v) is 4.04. The molecule has 1 atom stereocenters. The number of carboxylic acids is 1. The Bertz CT molecular complexity index is 454. The van der Waals surface area contributed by atoms with Gasteiger partial charge in [-0.3, -0.25) is 0 Å². The molecule has 8 heteroatoms. The Labute approximate surface area is 152 Å². The third kappa shape index (κ3) is 10.8. The number of aliphatic hydroxyl groups is 1. The fourth-order valence-electron chi connectivity index (χ4n) is 3.07. The number of carbonyl (C=O) groups is 1. The minimum atomic E-state index is -4.81. The molecule has 0 radical (unpaired) electrons. The third-order valence-electron chi connectivity index (χ3n) is 4.54. The molecule has 0 aliphatic carbocycles. The molecule has 0 aromatic heterocycles. The molecule has 0 saturated heterocycles. The molecule has 2 N–H and O–H groups in total. The minimum Gasteiger partial charge on any atom is -0.702 e. The van der Waals surface area contributed by atoms with E-state index in [4.69, 9.17) is 10.2 Å². The van der Waals surface area contributed by atoms with Crippen LogP contribution in [-0.4, -0.2) is 59.3 Å². The first-order valence-corrected chi connectivity index (χ1v) is 10.8. The van der Waals surface area contributed by atoms with Crippen LogP contribution in [0.15, 0.2) is 0 Å². The van der Waals surface area contributed by atoms with Gasteiger partial charge in [0.1, 0.15) is 0 Å². The molecule has 0 fully saturated rings. The van der Waals surface area contributed by atoms with E-state index >= 15 is 0 Å². The van der Waals surface area contributed by atoms with E-state index in [9.17, 15) is 17.8 Å². The van der Waals surface area contributed by atoms with Gasteiger partial charge in [0.2, 0.25) is 0 Å². The molecule has 150 valence electrons. The highest BCUT2D eigenvalue weighted by Gasteiger charge is 2.36. The zero-order valence-electron chi connectivity index (χ0n) is 15.5. The maximum atomic E-state index is 11.7. The zero-order valence-corrected chi connectivity index (χ0v) is 16.3. The van der Waals surface area contributed by atoms with Gasteiger partial charge in [-0.25, -0.2) is 8.68 Å². The van der Waals surface area contributed by atoms with E-state index in [0.29, 0.717) is 6.42 Å². The van der Waals surface area contributed by atoms with Crippen LogP contribution >= 0.6 is 0 Å². The third-order valence-corrected chi connectivity index (χ3v) is 5.98. The average Bonchev–Trinajstić information content (AvgIpc) is 2.52. The van der Waals surface area contributed by atoms with Gasteiger partial charge in [-0.2, -0.15) is 8.42 Å². The molecule has 0 rings (SSSR count). The van der Waals surface area contributed by atoms with Crippen LogP contribution in [0.1, 0.15) is 77.6 Å². The quantitative estimate of drug-likeness (QED) is 0.227. The summed E-state index contributed by atoms with van der Waals surface area (Å²) in [6.45, 7) is 1.00. The summed E-state index contributed by atoms with van der Waals surface area (Å²) in [6, 6.07) is 0. The molecule has 0 aliphatic rings. The molecule has 0 aliphatic heterocycles. The second kappa shape index (κ2) is 13.5. The molecule has 0 bridgehead atoms. The van der Waals surface area contributed by atoms with Gasteiger partial charge in [0.25, 0.3) is 10.3 Å². The van der Waals surface area contributed by atoms with Crippen molar-refractivity contribution in [3.8, 4) is 0 Å². The molecule has 0 spiro atoms. The summed E-state index contributed by atoms with van der Waals surface area (Å²) in [5, 5.41) is 17.9. The second-order valence-corrected chi connectivity index (χ2v) is 8.37. The molecular weight excluding hydrogens is 346 g/mol. The van der Waals surface area contributed by atoms with Gasteiger partial charge >= 0.3 is 5.97 Å². The van der Waals surface area contributed by atoms with Crippen LogP contribution in [0.3, 0.4) is 0 Å². The van der Waals surface area contributed by atoms with Crippen LogP contribution < -0.4 is 0 Å². The lowest BCUT2D eigenvalue weighted by molar-refractivity contribution is -0.804. The van der Waals surface area contributed by atoms with E-state index in [1.165, 1.54) is 32.1 Å². The van der Waals surface area contributed by atoms with E-state index in [1.807, 2.05) is 0 Å². The number of carboxylic acid groups (broad SMARTS) is 1. The number of nitrogens with zero attached hydrogens (tertiary/aromatic N) is 1. The van der Waals surface area contributed by atoms with Gasteiger partial charge < -0.3 is 14.8 Å². The van der Waals surface area contributed by atoms with Crippen LogP contribution in [-0.2, 0) is 15.1 Å². The monoisotopic (exact) mass is 381 g/mol. The first kappa shape index (κ1) is 24.3. The summed E-state index contributed by atoms with van der Waals surface area (Å²) in [7, 11) is -4.81. The molecule has 0 aromatic carbocycles. The molecule has 0 aromatic rings. The standard InChI is InChI=1S/C17H35NO6S/c1-2-3-4-5-6-7-8-9-10-11-13-18(14-12-15-19,16-17(20)21)25(22,23)24/h19H,2-16H2,1H3,(H-,20,21,22,23,24). The van der Waals surface area contributed by atoms with Crippen LogP contribution in [0.5, 0.6) is 0 Å². The van der Waals surface area contributed by atoms with Crippen molar-refractivity contribution in [1.29, 1.82) is 0 Å². The second-order valence-electron chi connectivity index (χ2n) is 6.74. The summed E-state index contributed by atoms with van der Waals surface area (Å²) in [5.74, 6) is -1.32. The molecule has 0 saturated carbocycles. The van der Waals surface area contributed by atoms with Crippen molar-refractivity contribution < 1.29 is 31.9 Å². The van der Waals surface area contributed by atoms with Crippen LogP contribution in [0.2, 0.25) is 0 Å². The lowest BCUT2D eigenvalue weighted by Gasteiger charge is -2.37. The van der Waals surface area contributed by atoms with Gasteiger partial charge in [-0.05, 0) is 12.8 Å². The minimum absolute atomic E-state index is 0.00532. The Balaban J connectivity index is 4.28. The van der Waals surface area contributed by atoms with Gasteiger partial charge in [0.05, 0.1) is 13.1 Å². The van der Waals surface area contributed by atoms with E-state index in [1.54, 1.807) is 0 Å². The Morgan fingerprint density at radius 1 is 0.880 bits per heavy atom. The van der Waals surface area contributed by atoms with Crippen LogP contribution in [0.4, 0.5) is 0 Å². The highest BCUT2D eigenvalue weighted by atomic mass is 32.2. The predicted molar refractivity (Wildman–Crippen MR) is 95.7 cm³/mol. The summed E-state index contributed by atoms with van der Waals surface area (Å²) in [6.07, 6.45) is 10.8. The highest BCUT2D eigenvalue weighted by molar-refractivity contribution is 7.80. The summed E-state index contributed by atoms with van der Waals surface area (Å²) in [4.78, 5) is 11.0. The van der Waals surface area contributed by atoms with Crippen molar-refractivity contribution in [2.75, 3.05) is 26.2 Å². The molecule has 7 nitrogen and oxygen atoms in total. The van der Waals surface area contributed by atoms with E-state index in [-0.39, 0.29) is 26.1 Å². The van der Waals surface area contributed by atoms with E-state index in [0.717, 1.165) is 25.7 Å². The van der Waals surface area contributed by atoms with Crippen molar-refractivity contribution in [1.82, 2.24) is 0 Å². The maximum Gasteiger partial charge on any atom is 0.360 e. The number of aliphatic hydroxyl groups excluding tert-OH is 1. The normalized spacial score (nSPS) is 14.4. The highest BCUT2D eigenvalue weighted by Crippen LogP contribution is 2.18. The smallest absolute Gasteiger partial charge is 0.360 e. The summed E-state index contributed by atoms with van der Waals surface area (Å²) < 4.78 is 34.0. The molecule has 0 heterocycles. The predicted octanol–water partition coefficient (Wildman–Crippen LogP) is 2.65. The lowest BCUT2D eigenvalue weighted by atomic mass is 10.1. The number of hydrogen-bond acceptors (Lipinski definition) is 5. The average molecular weight is 382 g/mol. The Morgan fingerprint density at radius 3 is 1.72 bits per heavy atom. The molecule has 0 amide bonds. The Hall–Kier alpha value is -0.700. The SMILES string of the molecule is CCCCCCCCCCCC[N+](CCCO)(CC(=O)O)S(=O)(=O)[O-]. The van der Waals surface area contributed by atoms with E-state index in [2.05, 4.69) is 6.92 Å². The summed E-state index contributed by atoms with van der Waals surface area (Å²) >= 11 is 0. The lowest BCUT2D eigenvalue weighted by Crippen LogP contribution is -2.56. The topological polar surface area (TPSA) is 115 Å². The number of quaternary nitrogens is 1.